The molecule has 2 atom stereocenters. The van der Waals surface area contributed by atoms with E-state index < -0.39 is 16.1 Å². The van der Waals surface area contributed by atoms with Crippen LogP contribution in [0.5, 0.6) is 5.75 Å². The van der Waals surface area contributed by atoms with Gasteiger partial charge in [-0.3, -0.25) is 9.71 Å². The van der Waals surface area contributed by atoms with Crippen LogP contribution in [0.3, 0.4) is 0 Å². The quantitative estimate of drug-likeness (QED) is 0.246. The Morgan fingerprint density at radius 3 is 2.61 bits per heavy atom. The van der Waals surface area contributed by atoms with E-state index in [1.807, 2.05) is 35.2 Å². The highest BCUT2D eigenvalue weighted by Gasteiger charge is 2.43. The van der Waals surface area contributed by atoms with Crippen LogP contribution in [-0.2, 0) is 10.0 Å². The zero-order chi connectivity index (χ0) is 27.0. The molecule has 2 aromatic heterocycles. The van der Waals surface area contributed by atoms with Gasteiger partial charge >= 0.3 is 0 Å². The fourth-order valence-electron chi connectivity index (χ4n) is 4.39. The minimum atomic E-state index is -3.56. The fourth-order valence-corrected chi connectivity index (χ4v) is 5.80. The number of hydrogen-bond acceptors (Lipinski definition) is 6. The molecule has 2 N–H and O–H groups in total. The summed E-state index contributed by atoms with van der Waals surface area (Å²) in [7, 11) is -2.10. The van der Waals surface area contributed by atoms with Gasteiger partial charge in [0.05, 0.1) is 35.8 Å². The summed E-state index contributed by atoms with van der Waals surface area (Å²) in [4.78, 5) is 6.41. The van der Waals surface area contributed by atoms with E-state index in [2.05, 4.69) is 15.0 Å². The van der Waals surface area contributed by atoms with Crippen molar-refractivity contribution in [1.82, 2.24) is 10.3 Å². The molecular formula is C26H22Cl2N4O4S2. The summed E-state index contributed by atoms with van der Waals surface area (Å²) in [6.45, 7) is 0. The average molecular weight is 590 g/mol. The molecule has 0 saturated carbocycles. The maximum Gasteiger partial charge on any atom is 0.229 e. The van der Waals surface area contributed by atoms with Gasteiger partial charge in [0.2, 0.25) is 10.0 Å². The SMILES string of the molecule is COc1ccc(N2C(=S)NC(c3ccccn3)C2c2ccc(-c3ccc(Cl)cc3Cl)o2)cc1NS(C)(=O)=O. The summed E-state index contributed by atoms with van der Waals surface area (Å²) in [6, 6.07) is 18.9. The second kappa shape index (κ2) is 10.5. The number of aromatic nitrogens is 1. The lowest BCUT2D eigenvalue weighted by atomic mass is 10.0. The van der Waals surface area contributed by atoms with E-state index in [0.29, 0.717) is 43.7 Å². The van der Waals surface area contributed by atoms with Gasteiger partial charge < -0.3 is 19.4 Å². The topological polar surface area (TPSA) is 96.7 Å². The first-order valence-corrected chi connectivity index (χ1v) is 14.4. The van der Waals surface area contributed by atoms with Crippen molar-refractivity contribution in [2.45, 2.75) is 12.1 Å². The Balaban J connectivity index is 1.62. The molecule has 0 bridgehead atoms. The third-order valence-corrected chi connectivity index (χ3v) is 7.42. The molecular weight excluding hydrogens is 567 g/mol. The number of furan rings is 1. The smallest absolute Gasteiger partial charge is 0.229 e. The number of ether oxygens (including phenoxy) is 1. The molecule has 3 heterocycles. The lowest BCUT2D eigenvalue weighted by molar-refractivity contribution is 0.416. The van der Waals surface area contributed by atoms with Gasteiger partial charge in [0.25, 0.3) is 0 Å². The van der Waals surface area contributed by atoms with Crippen LogP contribution in [-0.4, -0.2) is 31.9 Å². The monoisotopic (exact) mass is 588 g/mol. The highest BCUT2D eigenvalue weighted by Crippen LogP contribution is 2.45. The molecule has 1 aliphatic rings. The van der Waals surface area contributed by atoms with Crippen molar-refractivity contribution >= 4 is 61.9 Å². The number of rotatable bonds is 7. The first-order valence-electron chi connectivity index (χ1n) is 11.4. The first kappa shape index (κ1) is 26.3. The predicted molar refractivity (Wildman–Crippen MR) is 154 cm³/mol. The van der Waals surface area contributed by atoms with E-state index in [4.69, 9.17) is 44.6 Å². The molecule has 0 amide bonds. The molecule has 2 unspecified atom stereocenters. The van der Waals surface area contributed by atoms with Crippen LogP contribution in [0.25, 0.3) is 11.3 Å². The summed E-state index contributed by atoms with van der Waals surface area (Å²) < 4.78 is 38.3. The molecule has 12 heteroatoms. The van der Waals surface area contributed by atoms with E-state index >= 15 is 0 Å². The number of nitrogens with zero attached hydrogens (tertiary/aromatic N) is 2. The molecule has 38 heavy (non-hydrogen) atoms. The Labute approximate surface area is 235 Å². The highest BCUT2D eigenvalue weighted by atomic mass is 35.5. The molecule has 8 nitrogen and oxygen atoms in total. The standard InChI is InChI=1S/C26H22Cl2N4O4S2/c1-35-22-9-7-16(14-20(22)31-38(2,33)34)32-25(24(30-26(32)37)19-5-3-4-12-29-19)23-11-10-21(36-23)17-8-6-15(27)13-18(17)28/h3-14,24-25,31H,1-2H3,(H,30,37). The molecule has 1 aliphatic heterocycles. The molecule has 0 spiro atoms. The van der Waals surface area contributed by atoms with Gasteiger partial charge in [-0.05, 0) is 72.9 Å². The van der Waals surface area contributed by atoms with Gasteiger partial charge in [-0.25, -0.2) is 8.42 Å². The number of anilines is 2. The van der Waals surface area contributed by atoms with E-state index in [0.717, 1.165) is 11.9 Å². The lowest BCUT2D eigenvalue weighted by Crippen LogP contribution is -2.29. The van der Waals surface area contributed by atoms with Crippen LogP contribution in [0.2, 0.25) is 10.0 Å². The number of benzene rings is 2. The maximum absolute atomic E-state index is 12.0. The second-order valence-electron chi connectivity index (χ2n) is 8.58. The van der Waals surface area contributed by atoms with Crippen molar-refractivity contribution in [3.63, 3.8) is 0 Å². The van der Waals surface area contributed by atoms with Crippen LogP contribution >= 0.6 is 35.4 Å². The summed E-state index contributed by atoms with van der Waals surface area (Å²) in [5.74, 6) is 1.53. The number of thiocarbonyl (C=S) groups is 1. The second-order valence-corrected chi connectivity index (χ2v) is 11.6. The molecule has 4 aromatic rings. The number of hydrogen-bond donors (Lipinski definition) is 2. The molecule has 5 rings (SSSR count). The van der Waals surface area contributed by atoms with Crippen LogP contribution in [0, 0.1) is 0 Å². The van der Waals surface area contributed by atoms with E-state index in [9.17, 15) is 8.42 Å². The maximum atomic E-state index is 12.0. The number of methoxy groups -OCH3 is 1. The van der Waals surface area contributed by atoms with Crippen molar-refractivity contribution in [1.29, 1.82) is 0 Å². The number of nitrogens with one attached hydrogen (secondary N) is 2. The Hall–Kier alpha value is -3.31. The van der Waals surface area contributed by atoms with Gasteiger partial charge in [-0.1, -0.05) is 29.3 Å². The van der Waals surface area contributed by atoms with Gasteiger partial charge in [-0.2, -0.15) is 0 Å². The van der Waals surface area contributed by atoms with Crippen molar-refractivity contribution in [2.24, 2.45) is 0 Å². The minimum Gasteiger partial charge on any atom is -0.495 e. The largest absolute Gasteiger partial charge is 0.495 e. The van der Waals surface area contributed by atoms with Crippen LogP contribution in [0.15, 0.2) is 77.3 Å². The molecule has 196 valence electrons. The fraction of sp³-hybridized carbons (Fsp3) is 0.154. The van der Waals surface area contributed by atoms with E-state index in [1.165, 1.54) is 7.11 Å². The van der Waals surface area contributed by atoms with E-state index in [-0.39, 0.29) is 11.7 Å². The molecule has 2 aromatic carbocycles. The van der Waals surface area contributed by atoms with Gasteiger partial charge in [0.15, 0.2) is 5.11 Å². The van der Waals surface area contributed by atoms with Crippen LogP contribution < -0.4 is 19.7 Å². The molecule has 0 aliphatic carbocycles. The zero-order valence-corrected chi connectivity index (χ0v) is 23.3. The average Bonchev–Trinajstić information content (AvgIpc) is 3.48. The van der Waals surface area contributed by atoms with Gasteiger partial charge in [0.1, 0.15) is 23.3 Å². The Kier molecular flexibility index (Phi) is 7.23. The van der Waals surface area contributed by atoms with Crippen molar-refractivity contribution in [2.75, 3.05) is 23.0 Å². The van der Waals surface area contributed by atoms with Gasteiger partial charge in [0, 0.05) is 22.5 Å². The molecule has 1 fully saturated rings. The normalized spacial score (nSPS) is 17.4. The minimum absolute atomic E-state index is 0.281. The summed E-state index contributed by atoms with van der Waals surface area (Å²) in [5, 5.41) is 4.76. The summed E-state index contributed by atoms with van der Waals surface area (Å²) >= 11 is 18.3. The number of sulfonamides is 1. The van der Waals surface area contributed by atoms with Crippen molar-refractivity contribution < 1.29 is 17.6 Å². The summed E-state index contributed by atoms with van der Waals surface area (Å²) in [6.07, 6.45) is 2.79. The Morgan fingerprint density at radius 1 is 1.11 bits per heavy atom. The predicted octanol–water partition coefficient (Wildman–Crippen LogP) is 6.21. The molecule has 0 radical (unpaired) electrons. The Morgan fingerprint density at radius 2 is 1.92 bits per heavy atom. The third kappa shape index (κ3) is 5.30. The third-order valence-electron chi connectivity index (χ3n) is 5.97. The van der Waals surface area contributed by atoms with Gasteiger partial charge in [-0.15, -0.1) is 0 Å². The molecule has 1 saturated heterocycles. The first-order chi connectivity index (χ1) is 18.1. The van der Waals surface area contributed by atoms with Crippen LogP contribution in [0.4, 0.5) is 11.4 Å². The highest BCUT2D eigenvalue weighted by molar-refractivity contribution is 7.92. The number of pyridine rings is 1. The number of halogens is 2. The van der Waals surface area contributed by atoms with Crippen molar-refractivity contribution in [3.8, 4) is 17.1 Å². The summed E-state index contributed by atoms with van der Waals surface area (Å²) in [5.41, 5.74) is 2.36. The van der Waals surface area contributed by atoms with Crippen LogP contribution in [0.1, 0.15) is 23.5 Å². The Bertz CT molecular complexity index is 1610. The zero-order valence-electron chi connectivity index (χ0n) is 20.2. The van der Waals surface area contributed by atoms with Crippen molar-refractivity contribution in [3.05, 3.63) is 94.4 Å². The lowest BCUT2D eigenvalue weighted by Gasteiger charge is -2.27. The van der Waals surface area contributed by atoms with E-state index in [1.54, 1.807) is 42.6 Å².